The molecule has 0 fully saturated rings. The Morgan fingerprint density at radius 3 is 2.56 bits per heavy atom. The number of nitrogens with zero attached hydrogens (tertiary/aromatic N) is 2. The molecular formula is C27H24Cl2N2O3. The number of carbonyl (C=O) groups is 1. The predicted octanol–water partition coefficient (Wildman–Crippen LogP) is 6.31. The number of carbonyl (C=O) groups excluding carboxylic acids is 1. The Hall–Kier alpha value is -3.28. The van der Waals surface area contributed by atoms with Crippen molar-refractivity contribution in [2.45, 2.75) is 6.61 Å². The van der Waals surface area contributed by atoms with Gasteiger partial charge >= 0.3 is 5.97 Å². The number of benzene rings is 3. The quantitative estimate of drug-likeness (QED) is 0.376. The third-order valence-electron chi connectivity index (χ3n) is 5.53. The molecule has 0 atom stereocenters. The van der Waals surface area contributed by atoms with E-state index in [9.17, 15) is 4.79 Å². The molecule has 7 heteroatoms. The van der Waals surface area contributed by atoms with E-state index in [1.807, 2.05) is 54.6 Å². The number of hydrogen-bond donors (Lipinski definition) is 0. The standard InChI is InChI=1S/C27H24Cl2N2O3/c1-31-14-13-30-25(12-6-18-5-11-23(28)24(29)15-18)22-10-9-21(16-26(22)31)34-17-19-3-7-20(8-4-19)27(32)33-2/h3-12,15-16H,13-14,17H2,1-2H3. The summed E-state index contributed by atoms with van der Waals surface area (Å²) in [6, 6.07) is 18.7. The van der Waals surface area contributed by atoms with E-state index < -0.39 is 0 Å². The zero-order valence-corrected chi connectivity index (χ0v) is 20.4. The summed E-state index contributed by atoms with van der Waals surface area (Å²) in [4.78, 5) is 18.5. The van der Waals surface area contributed by atoms with Crippen LogP contribution >= 0.6 is 23.2 Å². The van der Waals surface area contributed by atoms with Crippen LogP contribution in [0.1, 0.15) is 27.0 Å². The van der Waals surface area contributed by atoms with Gasteiger partial charge in [0.05, 0.1) is 35.0 Å². The highest BCUT2D eigenvalue weighted by Crippen LogP contribution is 2.29. The SMILES string of the molecule is COC(=O)c1ccc(COc2ccc3c(c2)N(C)CCN=C3C=Cc2ccc(Cl)c(Cl)c2)cc1. The molecule has 0 aliphatic carbocycles. The first-order valence-electron chi connectivity index (χ1n) is 10.8. The molecule has 0 aromatic heterocycles. The van der Waals surface area contributed by atoms with E-state index >= 15 is 0 Å². The molecule has 1 aliphatic heterocycles. The van der Waals surface area contributed by atoms with E-state index in [-0.39, 0.29) is 5.97 Å². The smallest absolute Gasteiger partial charge is 0.337 e. The fourth-order valence-corrected chi connectivity index (χ4v) is 3.92. The molecule has 0 radical (unpaired) electrons. The van der Waals surface area contributed by atoms with Gasteiger partial charge in [0.25, 0.3) is 0 Å². The average Bonchev–Trinajstić information content (AvgIpc) is 3.01. The van der Waals surface area contributed by atoms with Crippen LogP contribution in [0.2, 0.25) is 10.0 Å². The highest BCUT2D eigenvalue weighted by molar-refractivity contribution is 6.42. The van der Waals surface area contributed by atoms with Crippen molar-refractivity contribution < 1.29 is 14.3 Å². The summed E-state index contributed by atoms with van der Waals surface area (Å²) in [5, 5.41) is 1.05. The van der Waals surface area contributed by atoms with Crippen LogP contribution in [0.3, 0.4) is 0 Å². The third-order valence-corrected chi connectivity index (χ3v) is 6.27. The second-order valence-electron chi connectivity index (χ2n) is 7.85. The van der Waals surface area contributed by atoms with Crippen LogP contribution in [0, 0.1) is 0 Å². The fourth-order valence-electron chi connectivity index (χ4n) is 3.61. The lowest BCUT2D eigenvalue weighted by atomic mass is 10.0. The molecule has 3 aromatic carbocycles. The number of esters is 1. The van der Waals surface area contributed by atoms with Gasteiger partial charge in [0.2, 0.25) is 0 Å². The van der Waals surface area contributed by atoms with Crippen molar-refractivity contribution in [2.75, 3.05) is 32.1 Å². The molecule has 174 valence electrons. The Morgan fingerprint density at radius 1 is 1.03 bits per heavy atom. The van der Waals surface area contributed by atoms with Gasteiger partial charge in [-0.2, -0.15) is 0 Å². The lowest BCUT2D eigenvalue weighted by Gasteiger charge is -2.20. The Kier molecular flexibility index (Phi) is 7.56. The second-order valence-corrected chi connectivity index (χ2v) is 8.67. The Bertz CT molecular complexity index is 1250. The van der Waals surface area contributed by atoms with E-state index in [0.717, 1.165) is 40.4 Å². The van der Waals surface area contributed by atoms with Gasteiger partial charge in [0.15, 0.2) is 0 Å². The Morgan fingerprint density at radius 2 is 1.82 bits per heavy atom. The predicted molar refractivity (Wildman–Crippen MR) is 139 cm³/mol. The van der Waals surface area contributed by atoms with Crippen molar-refractivity contribution in [1.29, 1.82) is 0 Å². The van der Waals surface area contributed by atoms with Gasteiger partial charge in [0.1, 0.15) is 12.4 Å². The number of ether oxygens (including phenoxy) is 2. The minimum Gasteiger partial charge on any atom is -0.489 e. The molecule has 1 heterocycles. The van der Waals surface area contributed by atoms with Crippen molar-refractivity contribution in [1.82, 2.24) is 0 Å². The number of allylic oxidation sites excluding steroid dienone is 1. The minimum absolute atomic E-state index is 0.355. The first-order chi connectivity index (χ1) is 16.4. The Balaban J connectivity index is 1.51. The zero-order valence-electron chi connectivity index (χ0n) is 18.9. The summed E-state index contributed by atoms with van der Waals surface area (Å²) in [7, 11) is 3.42. The van der Waals surface area contributed by atoms with Crippen molar-refractivity contribution in [3.8, 4) is 5.75 Å². The molecule has 0 amide bonds. The number of anilines is 1. The number of aliphatic imine (C=N–C) groups is 1. The van der Waals surface area contributed by atoms with Crippen LogP contribution < -0.4 is 9.64 Å². The van der Waals surface area contributed by atoms with E-state index in [1.165, 1.54) is 7.11 Å². The van der Waals surface area contributed by atoms with Gasteiger partial charge in [-0.3, -0.25) is 4.99 Å². The highest BCUT2D eigenvalue weighted by Gasteiger charge is 2.16. The number of benzodiazepines with no additional fused rings is 1. The van der Waals surface area contributed by atoms with Crippen molar-refractivity contribution in [2.24, 2.45) is 4.99 Å². The van der Waals surface area contributed by atoms with Gasteiger partial charge in [-0.1, -0.05) is 47.5 Å². The highest BCUT2D eigenvalue weighted by atomic mass is 35.5. The van der Waals surface area contributed by atoms with E-state index in [0.29, 0.717) is 28.8 Å². The molecule has 34 heavy (non-hydrogen) atoms. The maximum atomic E-state index is 11.6. The van der Waals surface area contributed by atoms with Gasteiger partial charge in [0, 0.05) is 30.9 Å². The van der Waals surface area contributed by atoms with Crippen LogP contribution in [-0.4, -0.2) is 38.9 Å². The zero-order chi connectivity index (χ0) is 24.1. The van der Waals surface area contributed by atoms with Gasteiger partial charge < -0.3 is 14.4 Å². The molecule has 0 saturated heterocycles. The lowest BCUT2D eigenvalue weighted by Crippen LogP contribution is -2.20. The third kappa shape index (κ3) is 5.61. The van der Waals surface area contributed by atoms with Crippen molar-refractivity contribution >= 4 is 46.6 Å². The molecule has 4 rings (SSSR count). The number of likely N-dealkylation sites (N-methyl/N-ethyl adjacent to an activating group) is 1. The average molecular weight is 495 g/mol. The summed E-state index contributed by atoms with van der Waals surface area (Å²) in [6.45, 7) is 1.88. The topological polar surface area (TPSA) is 51.1 Å². The van der Waals surface area contributed by atoms with Crippen molar-refractivity contribution in [3.63, 3.8) is 0 Å². The summed E-state index contributed by atoms with van der Waals surface area (Å²) < 4.78 is 10.8. The molecule has 0 bridgehead atoms. The molecular weight excluding hydrogens is 471 g/mol. The molecule has 0 N–H and O–H groups in total. The van der Waals surface area contributed by atoms with E-state index in [2.05, 4.69) is 11.9 Å². The molecule has 5 nitrogen and oxygen atoms in total. The van der Waals surface area contributed by atoms with E-state index in [1.54, 1.807) is 18.2 Å². The van der Waals surface area contributed by atoms with Gasteiger partial charge in [-0.25, -0.2) is 4.79 Å². The largest absolute Gasteiger partial charge is 0.489 e. The number of fused-ring (bicyclic) bond motifs is 1. The normalized spacial score (nSPS) is 13.3. The maximum absolute atomic E-state index is 11.6. The molecule has 3 aromatic rings. The number of hydrogen-bond acceptors (Lipinski definition) is 5. The first kappa shape index (κ1) is 23.9. The number of halogens is 2. The number of methoxy groups -OCH3 is 1. The summed E-state index contributed by atoms with van der Waals surface area (Å²) in [5.41, 5.74) is 5.41. The fraction of sp³-hybridized carbons (Fsp3) is 0.185. The van der Waals surface area contributed by atoms with Crippen molar-refractivity contribution in [3.05, 3.63) is 99.0 Å². The molecule has 0 spiro atoms. The molecule has 0 saturated carbocycles. The van der Waals surface area contributed by atoms with Crippen LogP contribution in [0.25, 0.3) is 6.08 Å². The first-order valence-corrected chi connectivity index (χ1v) is 11.5. The van der Waals surface area contributed by atoms with Gasteiger partial charge in [-0.05, 0) is 53.6 Å². The lowest BCUT2D eigenvalue weighted by molar-refractivity contribution is 0.0600. The van der Waals surface area contributed by atoms with E-state index in [4.69, 9.17) is 37.7 Å². The van der Waals surface area contributed by atoms with Crippen LogP contribution in [-0.2, 0) is 11.3 Å². The summed E-state index contributed by atoms with van der Waals surface area (Å²) in [6.07, 6.45) is 3.99. The maximum Gasteiger partial charge on any atom is 0.337 e. The Labute approximate surface area is 209 Å². The molecule has 0 unspecified atom stereocenters. The summed E-state index contributed by atoms with van der Waals surface area (Å²) >= 11 is 12.2. The van der Waals surface area contributed by atoms with Crippen LogP contribution in [0.4, 0.5) is 5.69 Å². The number of rotatable bonds is 6. The second kappa shape index (κ2) is 10.8. The van der Waals surface area contributed by atoms with Crippen LogP contribution in [0.15, 0.2) is 71.7 Å². The van der Waals surface area contributed by atoms with Crippen LogP contribution in [0.5, 0.6) is 5.75 Å². The minimum atomic E-state index is -0.355. The van der Waals surface area contributed by atoms with Gasteiger partial charge in [-0.15, -0.1) is 0 Å². The molecule has 1 aliphatic rings. The monoisotopic (exact) mass is 494 g/mol. The summed E-state index contributed by atoms with van der Waals surface area (Å²) in [5.74, 6) is 0.407.